The molecule has 1 aromatic heterocycles. The zero-order valence-electron chi connectivity index (χ0n) is 19.0. The van der Waals surface area contributed by atoms with Crippen LogP contribution in [0.4, 0.5) is 0 Å². The average Bonchev–Trinajstić information content (AvgIpc) is 3.17. The van der Waals surface area contributed by atoms with E-state index in [-0.39, 0.29) is 18.3 Å². The van der Waals surface area contributed by atoms with Gasteiger partial charge in [0.1, 0.15) is 0 Å². The predicted molar refractivity (Wildman–Crippen MR) is 134 cm³/mol. The minimum atomic E-state index is -3.52. The molecule has 1 aliphatic rings. The highest BCUT2D eigenvalue weighted by molar-refractivity contribution is 9.11. The first-order chi connectivity index (χ1) is 15.5. The summed E-state index contributed by atoms with van der Waals surface area (Å²) in [6.07, 6.45) is 9.91. The zero-order valence-corrected chi connectivity index (χ0v) is 22.2. The van der Waals surface area contributed by atoms with Crippen molar-refractivity contribution in [3.63, 3.8) is 0 Å². The Bertz CT molecular complexity index is 923. The number of halogens is 1. The van der Waals surface area contributed by atoms with Crippen LogP contribution in [0.2, 0.25) is 0 Å². The highest BCUT2D eigenvalue weighted by atomic mass is 79.9. The van der Waals surface area contributed by atoms with Crippen molar-refractivity contribution in [2.75, 3.05) is 6.26 Å². The Kier molecular flexibility index (Phi) is 11.2. The molecule has 1 saturated carbocycles. The van der Waals surface area contributed by atoms with Gasteiger partial charge in [0.05, 0.1) is 28.4 Å². The molecule has 1 aliphatic carbocycles. The molecule has 0 bridgehead atoms. The number of carbonyl (C=O) groups excluding carboxylic acids is 1. The van der Waals surface area contributed by atoms with Gasteiger partial charge in [-0.05, 0) is 72.5 Å². The van der Waals surface area contributed by atoms with Crippen molar-refractivity contribution >= 4 is 43.2 Å². The Morgan fingerprint density at radius 3 is 2.70 bits per heavy atom. The van der Waals surface area contributed by atoms with E-state index >= 15 is 0 Å². The number of aliphatic hydroxyl groups excluding tert-OH is 3. The maximum Gasteiger partial charge on any atom is 0.233 e. The third-order valence-electron chi connectivity index (χ3n) is 5.71. The molecule has 1 heterocycles. The standard InChI is InChI=1S/C23H34BrNO6S2/c1-15-13-17(32-23(15)24)11-9-16(26)10-12-19-18(20(27)14-21(19)28)7-5-3-4-6-8-22(29)25-33(2,30)31/h3,5,10,12-13,16,18-21,26-28H,4,6-9,11,14H2,1-2H3,(H,25,29)/t16?,18-,19-,20+,21-/m1/s1. The van der Waals surface area contributed by atoms with Crippen molar-refractivity contribution < 1.29 is 28.5 Å². The molecule has 1 fully saturated rings. The molecule has 1 unspecified atom stereocenters. The number of allylic oxidation sites excluding steroid dienone is 2. The van der Waals surface area contributed by atoms with E-state index in [4.69, 9.17) is 0 Å². The van der Waals surface area contributed by atoms with Crippen LogP contribution < -0.4 is 4.72 Å². The number of thiophene rings is 1. The quantitative estimate of drug-likeness (QED) is 0.228. The van der Waals surface area contributed by atoms with E-state index in [1.54, 1.807) is 17.4 Å². The fourth-order valence-electron chi connectivity index (χ4n) is 4.01. The van der Waals surface area contributed by atoms with Crippen molar-refractivity contribution in [2.24, 2.45) is 11.8 Å². The minimum Gasteiger partial charge on any atom is -0.393 e. The van der Waals surface area contributed by atoms with E-state index < -0.39 is 34.2 Å². The Balaban J connectivity index is 1.79. The van der Waals surface area contributed by atoms with Crippen LogP contribution in [0.25, 0.3) is 0 Å². The van der Waals surface area contributed by atoms with Crippen molar-refractivity contribution in [3.05, 3.63) is 44.6 Å². The number of unbranched alkanes of at least 4 members (excludes halogenated alkanes) is 1. The summed E-state index contributed by atoms with van der Waals surface area (Å²) in [5.74, 6) is -0.909. The molecule has 0 spiro atoms. The van der Waals surface area contributed by atoms with Crippen LogP contribution in [0.15, 0.2) is 34.2 Å². The van der Waals surface area contributed by atoms with Crippen LogP contribution >= 0.6 is 27.3 Å². The van der Waals surface area contributed by atoms with Crippen molar-refractivity contribution in [1.29, 1.82) is 0 Å². The van der Waals surface area contributed by atoms with Crippen LogP contribution in [0.5, 0.6) is 0 Å². The smallest absolute Gasteiger partial charge is 0.233 e. The second-order valence-corrected chi connectivity index (χ2v) is 12.9. The van der Waals surface area contributed by atoms with Gasteiger partial charge in [0.2, 0.25) is 15.9 Å². The first-order valence-electron chi connectivity index (χ1n) is 11.1. The summed E-state index contributed by atoms with van der Waals surface area (Å²) in [5, 5.41) is 31.1. The maximum atomic E-state index is 11.5. The first-order valence-corrected chi connectivity index (χ1v) is 14.6. The SMILES string of the molecule is Cc1cc(CCC(O)C=C[C@@H]2[C@@H](CC=CCCCC(=O)NS(C)(=O)=O)[C@@H](O)C[C@H]2O)sc1Br. The lowest BCUT2D eigenvalue weighted by Crippen LogP contribution is -2.28. The van der Waals surface area contributed by atoms with E-state index in [2.05, 4.69) is 22.0 Å². The van der Waals surface area contributed by atoms with Gasteiger partial charge >= 0.3 is 0 Å². The summed E-state index contributed by atoms with van der Waals surface area (Å²) in [7, 11) is -3.52. The number of amides is 1. The molecule has 0 aliphatic heterocycles. The van der Waals surface area contributed by atoms with Crippen molar-refractivity contribution in [3.8, 4) is 0 Å². The van der Waals surface area contributed by atoms with Gasteiger partial charge in [0, 0.05) is 23.6 Å². The molecule has 4 N–H and O–H groups in total. The summed E-state index contributed by atoms with van der Waals surface area (Å²) >= 11 is 5.18. The Hall–Kier alpha value is -1.04. The molecule has 0 aromatic carbocycles. The van der Waals surface area contributed by atoms with Gasteiger partial charge in [0.25, 0.3) is 0 Å². The molecule has 1 amide bonds. The van der Waals surface area contributed by atoms with Gasteiger partial charge in [-0.1, -0.05) is 24.3 Å². The lowest BCUT2D eigenvalue weighted by molar-refractivity contribution is -0.119. The topological polar surface area (TPSA) is 124 Å². The number of sulfonamides is 1. The van der Waals surface area contributed by atoms with Crippen molar-refractivity contribution in [2.45, 2.75) is 70.2 Å². The number of carbonyl (C=O) groups is 1. The Morgan fingerprint density at radius 1 is 1.33 bits per heavy atom. The number of aliphatic hydroxyl groups is 3. The van der Waals surface area contributed by atoms with E-state index in [9.17, 15) is 28.5 Å². The van der Waals surface area contributed by atoms with Crippen LogP contribution in [0, 0.1) is 18.8 Å². The van der Waals surface area contributed by atoms with Gasteiger partial charge in [-0.25, -0.2) is 8.42 Å². The average molecular weight is 565 g/mol. The predicted octanol–water partition coefficient (Wildman–Crippen LogP) is 3.22. The van der Waals surface area contributed by atoms with Gasteiger partial charge in [-0.2, -0.15) is 0 Å². The van der Waals surface area contributed by atoms with Gasteiger partial charge in [0.15, 0.2) is 0 Å². The highest BCUT2D eigenvalue weighted by Crippen LogP contribution is 2.36. The van der Waals surface area contributed by atoms with Gasteiger partial charge < -0.3 is 15.3 Å². The third kappa shape index (κ3) is 10.00. The number of aryl methyl sites for hydroxylation is 2. The lowest BCUT2D eigenvalue weighted by Gasteiger charge is -2.19. The highest BCUT2D eigenvalue weighted by Gasteiger charge is 2.39. The van der Waals surface area contributed by atoms with Crippen LogP contribution in [-0.4, -0.2) is 54.2 Å². The van der Waals surface area contributed by atoms with Crippen LogP contribution in [-0.2, 0) is 21.2 Å². The second kappa shape index (κ2) is 13.2. The lowest BCUT2D eigenvalue weighted by atomic mass is 9.89. The van der Waals surface area contributed by atoms with E-state index in [1.807, 2.05) is 29.9 Å². The van der Waals surface area contributed by atoms with Gasteiger partial charge in [-0.3, -0.25) is 9.52 Å². The molecular weight excluding hydrogens is 530 g/mol. The number of nitrogens with one attached hydrogen (secondary N) is 1. The monoisotopic (exact) mass is 563 g/mol. The first kappa shape index (κ1) is 28.2. The molecule has 5 atom stereocenters. The molecule has 0 radical (unpaired) electrons. The normalized spacial score (nSPS) is 24.7. The molecule has 10 heteroatoms. The fourth-order valence-corrected chi connectivity index (χ4v) is 6.16. The number of hydrogen-bond donors (Lipinski definition) is 4. The fraction of sp³-hybridized carbons (Fsp3) is 0.609. The summed E-state index contributed by atoms with van der Waals surface area (Å²) in [5.41, 5.74) is 1.19. The maximum absolute atomic E-state index is 11.5. The summed E-state index contributed by atoms with van der Waals surface area (Å²) in [6.45, 7) is 2.04. The minimum absolute atomic E-state index is 0.118. The van der Waals surface area contributed by atoms with Crippen LogP contribution in [0.1, 0.15) is 49.0 Å². The number of hydrogen-bond acceptors (Lipinski definition) is 7. The Labute approximate surface area is 208 Å². The third-order valence-corrected chi connectivity index (χ3v) is 8.51. The van der Waals surface area contributed by atoms with Crippen molar-refractivity contribution in [1.82, 2.24) is 4.72 Å². The number of rotatable bonds is 12. The summed E-state index contributed by atoms with van der Waals surface area (Å²) in [4.78, 5) is 12.7. The molecule has 186 valence electrons. The summed E-state index contributed by atoms with van der Waals surface area (Å²) < 4.78 is 25.1. The van der Waals surface area contributed by atoms with Gasteiger partial charge in [-0.15, -0.1) is 11.3 Å². The van der Waals surface area contributed by atoms with E-state index in [1.165, 1.54) is 10.4 Å². The largest absolute Gasteiger partial charge is 0.393 e. The molecule has 7 nitrogen and oxygen atoms in total. The van der Waals surface area contributed by atoms with E-state index in [0.717, 1.165) is 16.5 Å². The zero-order chi connectivity index (χ0) is 24.6. The molecular formula is C23H34BrNO6S2. The molecule has 0 saturated heterocycles. The van der Waals surface area contributed by atoms with Crippen LogP contribution in [0.3, 0.4) is 0 Å². The molecule has 2 rings (SSSR count). The summed E-state index contributed by atoms with van der Waals surface area (Å²) in [6, 6.07) is 2.11. The molecule has 1 aromatic rings. The Morgan fingerprint density at radius 2 is 2.06 bits per heavy atom. The molecule has 33 heavy (non-hydrogen) atoms. The second-order valence-electron chi connectivity index (χ2n) is 8.67. The van der Waals surface area contributed by atoms with E-state index in [0.29, 0.717) is 32.1 Å².